The maximum atomic E-state index is 9.66. The van der Waals surface area contributed by atoms with Crippen molar-refractivity contribution in [1.29, 1.82) is 0 Å². The maximum Gasteiger partial charge on any atom is 0.114 e. The molecular formula is C30H37NO2. The molecule has 1 aliphatic heterocycles. The number of hydrogen-bond acceptors (Lipinski definition) is 3. The average Bonchev–Trinajstić information content (AvgIpc) is 2.86. The molecule has 3 rings (SSSR count). The zero-order valence-corrected chi connectivity index (χ0v) is 19.8. The minimum Gasteiger partial charge on any atom is -0.508 e. The molecule has 0 aromatic heterocycles. The molecule has 0 radical (unpaired) electrons. The summed E-state index contributed by atoms with van der Waals surface area (Å²) in [5.74, 6) is 0.792. The molecule has 1 saturated heterocycles. The molecular weight excluding hydrogens is 406 g/mol. The van der Waals surface area contributed by atoms with Gasteiger partial charge in [-0.15, -0.1) is 0 Å². The first-order valence-electron chi connectivity index (χ1n) is 12.0. The van der Waals surface area contributed by atoms with Crippen molar-refractivity contribution in [3.8, 4) is 0 Å². The summed E-state index contributed by atoms with van der Waals surface area (Å²) >= 11 is 0. The van der Waals surface area contributed by atoms with E-state index >= 15 is 0 Å². The number of hydrogen-bond donors (Lipinski definition) is 2. The highest BCUT2D eigenvalue weighted by Gasteiger charge is 2.18. The molecule has 2 aromatic carbocycles. The van der Waals surface area contributed by atoms with Gasteiger partial charge in [0.25, 0.3) is 0 Å². The van der Waals surface area contributed by atoms with Crippen molar-refractivity contribution in [1.82, 2.24) is 4.90 Å². The van der Waals surface area contributed by atoms with Crippen LogP contribution >= 0.6 is 0 Å². The third kappa shape index (κ3) is 7.31. The fourth-order valence-corrected chi connectivity index (χ4v) is 4.50. The summed E-state index contributed by atoms with van der Waals surface area (Å²) in [5.41, 5.74) is 6.35. The number of benzene rings is 2. The van der Waals surface area contributed by atoms with Crippen LogP contribution in [-0.2, 0) is 0 Å². The van der Waals surface area contributed by atoms with Gasteiger partial charge in [-0.05, 0) is 98.1 Å². The summed E-state index contributed by atoms with van der Waals surface area (Å²) in [5, 5.41) is 19.2. The van der Waals surface area contributed by atoms with Crippen molar-refractivity contribution in [2.45, 2.75) is 38.0 Å². The van der Waals surface area contributed by atoms with Crippen molar-refractivity contribution < 1.29 is 10.2 Å². The van der Waals surface area contributed by atoms with E-state index < -0.39 is 0 Å². The fourth-order valence-electron chi connectivity index (χ4n) is 4.50. The van der Waals surface area contributed by atoms with Crippen LogP contribution in [0.1, 0.15) is 54.7 Å². The van der Waals surface area contributed by atoms with Crippen LogP contribution in [0.25, 0.3) is 11.1 Å². The summed E-state index contributed by atoms with van der Waals surface area (Å²) in [6, 6.07) is 19.6. The topological polar surface area (TPSA) is 43.7 Å². The molecule has 0 aliphatic carbocycles. The Morgan fingerprint density at radius 2 is 1.67 bits per heavy atom. The van der Waals surface area contributed by atoms with Crippen LogP contribution in [-0.4, -0.2) is 41.9 Å². The molecule has 174 valence electrons. The lowest BCUT2D eigenvalue weighted by Crippen LogP contribution is -2.29. The van der Waals surface area contributed by atoms with Crippen molar-refractivity contribution in [3.05, 3.63) is 108 Å². The summed E-state index contributed by atoms with van der Waals surface area (Å²) in [6.45, 7) is 6.08. The van der Waals surface area contributed by atoms with E-state index in [-0.39, 0.29) is 12.4 Å². The second kappa shape index (κ2) is 13.0. The smallest absolute Gasteiger partial charge is 0.114 e. The molecule has 3 heteroatoms. The Hall–Kier alpha value is -2.88. The highest BCUT2D eigenvalue weighted by Crippen LogP contribution is 2.34. The minimum atomic E-state index is 0.155. The van der Waals surface area contributed by atoms with Crippen LogP contribution in [0.3, 0.4) is 0 Å². The van der Waals surface area contributed by atoms with E-state index in [0.717, 1.165) is 32.4 Å². The molecule has 33 heavy (non-hydrogen) atoms. The number of nitrogens with zero attached hydrogens (tertiary/aromatic N) is 1. The number of aliphatic hydroxyl groups is 2. The maximum absolute atomic E-state index is 9.66. The molecule has 0 amide bonds. The van der Waals surface area contributed by atoms with Gasteiger partial charge in [0.2, 0.25) is 0 Å². The Kier molecular flexibility index (Phi) is 9.74. The second-order valence-corrected chi connectivity index (χ2v) is 8.78. The first kappa shape index (κ1) is 24.8. The highest BCUT2D eigenvalue weighted by molar-refractivity contribution is 5.91. The summed E-state index contributed by atoms with van der Waals surface area (Å²) in [4.78, 5) is 2.41. The van der Waals surface area contributed by atoms with Gasteiger partial charge in [0.1, 0.15) is 5.76 Å². The van der Waals surface area contributed by atoms with E-state index in [1.165, 1.54) is 46.8 Å². The van der Waals surface area contributed by atoms with E-state index in [4.69, 9.17) is 0 Å². The van der Waals surface area contributed by atoms with E-state index in [1.807, 2.05) is 12.1 Å². The normalized spacial score (nSPS) is 16.7. The number of allylic oxidation sites excluding steroid dienone is 6. The molecule has 0 unspecified atom stereocenters. The Balaban J connectivity index is 1.96. The molecule has 1 fully saturated rings. The Labute approximate surface area is 199 Å². The number of aliphatic hydroxyl groups excluding tert-OH is 2. The van der Waals surface area contributed by atoms with Gasteiger partial charge in [-0.3, -0.25) is 0 Å². The SMILES string of the molecule is C=C/C(O)=C\C=C/C/C(=C(\CCCO)c1ccccc1)c1ccc(C2CCN(C)CC2)cc1. The van der Waals surface area contributed by atoms with Crippen LogP contribution in [0.4, 0.5) is 0 Å². The van der Waals surface area contributed by atoms with Gasteiger partial charge < -0.3 is 15.1 Å². The van der Waals surface area contributed by atoms with Crippen LogP contribution < -0.4 is 0 Å². The predicted octanol–water partition coefficient (Wildman–Crippen LogP) is 6.75. The van der Waals surface area contributed by atoms with E-state index in [0.29, 0.717) is 5.92 Å². The Bertz CT molecular complexity index is 962. The number of likely N-dealkylation sites (tertiary alicyclic amines) is 1. The van der Waals surface area contributed by atoms with Crippen LogP contribution in [0.2, 0.25) is 0 Å². The lowest BCUT2D eigenvalue weighted by atomic mass is 9.86. The molecule has 3 nitrogen and oxygen atoms in total. The lowest BCUT2D eigenvalue weighted by Gasteiger charge is -2.29. The van der Waals surface area contributed by atoms with E-state index in [9.17, 15) is 10.2 Å². The largest absolute Gasteiger partial charge is 0.508 e. The van der Waals surface area contributed by atoms with Crippen molar-refractivity contribution in [3.63, 3.8) is 0 Å². The molecule has 0 bridgehead atoms. The fraction of sp³-hybridized carbons (Fsp3) is 0.333. The van der Waals surface area contributed by atoms with E-state index in [2.05, 4.69) is 73.1 Å². The lowest BCUT2D eigenvalue weighted by molar-refractivity contribution is 0.255. The summed E-state index contributed by atoms with van der Waals surface area (Å²) in [6.07, 6.45) is 11.7. The van der Waals surface area contributed by atoms with Crippen molar-refractivity contribution >= 4 is 11.1 Å². The Morgan fingerprint density at radius 1 is 1.00 bits per heavy atom. The molecule has 2 N–H and O–H groups in total. The summed E-state index contributed by atoms with van der Waals surface area (Å²) < 4.78 is 0. The molecule has 0 atom stereocenters. The van der Waals surface area contributed by atoms with Gasteiger partial charge in [-0.25, -0.2) is 0 Å². The third-order valence-corrected chi connectivity index (χ3v) is 6.45. The predicted molar refractivity (Wildman–Crippen MR) is 140 cm³/mol. The molecule has 0 saturated carbocycles. The van der Waals surface area contributed by atoms with Gasteiger partial charge in [0.05, 0.1) is 0 Å². The van der Waals surface area contributed by atoms with Crippen LogP contribution in [0, 0.1) is 0 Å². The van der Waals surface area contributed by atoms with Gasteiger partial charge in [-0.2, -0.15) is 0 Å². The molecule has 1 heterocycles. The quantitative estimate of drug-likeness (QED) is 0.242. The zero-order valence-electron chi connectivity index (χ0n) is 19.8. The third-order valence-electron chi connectivity index (χ3n) is 6.45. The van der Waals surface area contributed by atoms with Crippen molar-refractivity contribution in [2.24, 2.45) is 0 Å². The Morgan fingerprint density at radius 3 is 2.30 bits per heavy atom. The number of piperidine rings is 1. The van der Waals surface area contributed by atoms with Gasteiger partial charge in [-0.1, -0.05) is 73.3 Å². The van der Waals surface area contributed by atoms with Crippen LogP contribution in [0.5, 0.6) is 0 Å². The monoisotopic (exact) mass is 443 g/mol. The van der Waals surface area contributed by atoms with Crippen molar-refractivity contribution in [2.75, 3.05) is 26.7 Å². The first-order valence-corrected chi connectivity index (χ1v) is 12.0. The van der Waals surface area contributed by atoms with Crippen LogP contribution in [0.15, 0.2) is 91.2 Å². The van der Waals surface area contributed by atoms with Gasteiger partial charge >= 0.3 is 0 Å². The minimum absolute atomic E-state index is 0.155. The summed E-state index contributed by atoms with van der Waals surface area (Å²) in [7, 11) is 2.20. The van der Waals surface area contributed by atoms with Gasteiger partial charge in [0, 0.05) is 6.61 Å². The second-order valence-electron chi connectivity index (χ2n) is 8.78. The number of rotatable bonds is 10. The standard InChI is InChI=1S/C30H37NO2/c1-3-28(33)12-7-8-13-29(30(14-9-23-32)26-10-5-4-6-11-26)27-17-15-24(16-18-27)25-19-21-31(2)22-20-25/h3-8,10-12,15-18,25,32-33H,1,9,13-14,19-23H2,2H3/b8-7-,28-12+,30-29-. The molecule has 0 spiro atoms. The highest BCUT2D eigenvalue weighted by atomic mass is 16.3. The molecule has 1 aliphatic rings. The van der Waals surface area contributed by atoms with Gasteiger partial charge in [0.15, 0.2) is 0 Å². The van der Waals surface area contributed by atoms with E-state index in [1.54, 1.807) is 6.08 Å². The first-order chi connectivity index (χ1) is 16.1. The zero-order chi connectivity index (χ0) is 23.5. The average molecular weight is 444 g/mol. The molecule has 2 aromatic rings.